The zero-order valence-corrected chi connectivity index (χ0v) is 21.1. The number of fused-ring (bicyclic) bond motifs is 1. The molecule has 0 aromatic heterocycles. The summed E-state index contributed by atoms with van der Waals surface area (Å²) in [5.74, 6) is -1.03. The minimum atomic E-state index is -3.76. The van der Waals surface area contributed by atoms with E-state index in [2.05, 4.69) is 4.72 Å². The van der Waals surface area contributed by atoms with Crippen LogP contribution in [-0.2, 0) is 32.6 Å². The highest BCUT2D eigenvalue weighted by Gasteiger charge is 2.37. The molecular formula is C27H29N3O6S. The molecule has 10 heteroatoms. The molecule has 3 aromatic carbocycles. The number of hydrogen-bond donors (Lipinski definition) is 4. The van der Waals surface area contributed by atoms with Crippen LogP contribution < -0.4 is 10.2 Å². The van der Waals surface area contributed by atoms with Gasteiger partial charge in [-0.3, -0.25) is 19.5 Å². The zero-order chi connectivity index (χ0) is 26.6. The first-order chi connectivity index (χ1) is 17.7. The lowest BCUT2D eigenvalue weighted by molar-refractivity contribution is -0.140. The first-order valence-electron chi connectivity index (χ1n) is 11.8. The van der Waals surface area contributed by atoms with Gasteiger partial charge in [-0.1, -0.05) is 54.1 Å². The predicted molar refractivity (Wildman–Crippen MR) is 137 cm³/mol. The summed E-state index contributed by atoms with van der Waals surface area (Å²) in [7, 11) is -3.76. The van der Waals surface area contributed by atoms with Crippen molar-refractivity contribution in [1.29, 1.82) is 0 Å². The quantitative estimate of drug-likeness (QED) is 0.251. The van der Waals surface area contributed by atoms with E-state index >= 15 is 0 Å². The number of aryl methyl sites for hydroxylation is 1. The summed E-state index contributed by atoms with van der Waals surface area (Å²) in [6, 6.07) is 20.1. The molecule has 0 radical (unpaired) electrons. The molecule has 3 aromatic rings. The number of carbonyl (C=O) groups is 2. The number of benzene rings is 3. The maximum absolute atomic E-state index is 13.2. The van der Waals surface area contributed by atoms with Crippen LogP contribution >= 0.6 is 0 Å². The Bertz CT molecular complexity index is 1370. The van der Waals surface area contributed by atoms with E-state index in [1.54, 1.807) is 36.4 Å². The molecule has 4 N–H and O–H groups in total. The van der Waals surface area contributed by atoms with Crippen molar-refractivity contribution in [3.05, 3.63) is 95.1 Å². The standard InChI is InChI=1S/C27H29N3O6S/c1-18-6-12-22(13-7-18)37(35,36)29-21-10-8-19(9-11-21)17-30(26(33)15-14-25(32)28-34)27-23-5-3-2-4-20(23)16-24(27)31/h2-13,24,27,29,31,34H,14-17H2,1H3,(H,28,32)/t24-,27+/m1/s1. The molecule has 0 saturated carbocycles. The van der Waals surface area contributed by atoms with Gasteiger partial charge < -0.3 is 10.0 Å². The van der Waals surface area contributed by atoms with E-state index in [1.165, 1.54) is 22.5 Å². The lowest BCUT2D eigenvalue weighted by Crippen LogP contribution is -2.39. The Morgan fingerprint density at radius 2 is 1.65 bits per heavy atom. The Labute approximate surface area is 215 Å². The van der Waals surface area contributed by atoms with Crippen LogP contribution in [0.2, 0.25) is 0 Å². The highest BCUT2D eigenvalue weighted by molar-refractivity contribution is 7.92. The fraction of sp³-hybridized carbons (Fsp3) is 0.259. The van der Waals surface area contributed by atoms with Gasteiger partial charge in [0, 0.05) is 31.5 Å². The number of anilines is 1. The summed E-state index contributed by atoms with van der Waals surface area (Å²) in [6.45, 7) is 2.02. The number of rotatable bonds is 9. The first kappa shape index (κ1) is 26.3. The smallest absolute Gasteiger partial charge is 0.261 e. The minimum absolute atomic E-state index is 0.140. The number of carbonyl (C=O) groups excluding carboxylic acids is 2. The Morgan fingerprint density at radius 3 is 2.32 bits per heavy atom. The minimum Gasteiger partial charge on any atom is -0.390 e. The van der Waals surface area contributed by atoms with E-state index in [0.717, 1.165) is 22.3 Å². The maximum atomic E-state index is 13.2. The monoisotopic (exact) mass is 523 g/mol. The molecule has 2 atom stereocenters. The van der Waals surface area contributed by atoms with E-state index in [9.17, 15) is 23.1 Å². The summed E-state index contributed by atoms with van der Waals surface area (Å²) < 4.78 is 28.0. The molecule has 0 unspecified atom stereocenters. The number of aliphatic hydroxyl groups is 1. The van der Waals surface area contributed by atoms with E-state index in [0.29, 0.717) is 12.1 Å². The van der Waals surface area contributed by atoms with Crippen molar-refractivity contribution >= 4 is 27.5 Å². The largest absolute Gasteiger partial charge is 0.390 e. The zero-order valence-electron chi connectivity index (χ0n) is 20.3. The number of hydroxylamine groups is 1. The molecule has 37 heavy (non-hydrogen) atoms. The number of nitrogens with zero attached hydrogens (tertiary/aromatic N) is 1. The van der Waals surface area contributed by atoms with Gasteiger partial charge >= 0.3 is 0 Å². The molecular weight excluding hydrogens is 494 g/mol. The van der Waals surface area contributed by atoms with Gasteiger partial charge in [-0.2, -0.15) is 0 Å². The van der Waals surface area contributed by atoms with Crippen LogP contribution in [0.5, 0.6) is 0 Å². The van der Waals surface area contributed by atoms with E-state index in [4.69, 9.17) is 5.21 Å². The summed E-state index contributed by atoms with van der Waals surface area (Å²) in [5.41, 5.74) is 5.36. The van der Waals surface area contributed by atoms with Crippen LogP contribution in [-0.4, -0.2) is 41.5 Å². The molecule has 0 bridgehead atoms. The number of aliphatic hydroxyl groups excluding tert-OH is 1. The molecule has 0 heterocycles. The van der Waals surface area contributed by atoms with E-state index < -0.39 is 28.1 Å². The third-order valence-corrected chi connectivity index (χ3v) is 7.80. The highest BCUT2D eigenvalue weighted by Crippen LogP contribution is 2.37. The van der Waals surface area contributed by atoms with E-state index in [-0.39, 0.29) is 30.2 Å². The number of amides is 2. The molecule has 2 amide bonds. The Kier molecular flexibility index (Phi) is 7.91. The van der Waals surface area contributed by atoms with Gasteiger partial charge in [-0.05, 0) is 47.9 Å². The van der Waals surface area contributed by atoms with Crippen LogP contribution in [0.15, 0.2) is 77.7 Å². The second-order valence-corrected chi connectivity index (χ2v) is 10.8. The van der Waals surface area contributed by atoms with Crippen LogP contribution in [0.3, 0.4) is 0 Å². The topological polar surface area (TPSA) is 136 Å². The SMILES string of the molecule is Cc1ccc(S(=O)(=O)Nc2ccc(CN(C(=O)CCC(=O)NO)[C@H]3c4ccccc4C[C@H]3O)cc2)cc1. The van der Waals surface area contributed by atoms with Gasteiger partial charge in [0.25, 0.3) is 10.0 Å². The Hall–Kier alpha value is -3.73. The molecule has 4 rings (SSSR count). The first-order valence-corrected chi connectivity index (χ1v) is 13.3. The van der Waals surface area contributed by atoms with Crippen molar-refractivity contribution in [2.24, 2.45) is 0 Å². The fourth-order valence-electron chi connectivity index (χ4n) is 4.50. The summed E-state index contributed by atoms with van der Waals surface area (Å²) in [5, 5.41) is 19.6. The van der Waals surface area contributed by atoms with Gasteiger partial charge in [-0.15, -0.1) is 0 Å². The van der Waals surface area contributed by atoms with Crippen molar-refractivity contribution in [3.8, 4) is 0 Å². The molecule has 1 aliphatic rings. The third kappa shape index (κ3) is 6.16. The van der Waals surface area contributed by atoms with Crippen molar-refractivity contribution in [1.82, 2.24) is 10.4 Å². The van der Waals surface area contributed by atoms with Gasteiger partial charge in [-0.25, -0.2) is 13.9 Å². The summed E-state index contributed by atoms with van der Waals surface area (Å²) in [6.07, 6.45) is -0.752. The maximum Gasteiger partial charge on any atom is 0.261 e. The van der Waals surface area contributed by atoms with Crippen LogP contribution in [0, 0.1) is 6.92 Å². The van der Waals surface area contributed by atoms with Crippen molar-refractivity contribution in [3.63, 3.8) is 0 Å². The molecule has 0 fully saturated rings. The van der Waals surface area contributed by atoms with Crippen molar-refractivity contribution in [2.45, 2.75) is 49.8 Å². The Balaban J connectivity index is 1.54. The second-order valence-electron chi connectivity index (χ2n) is 9.09. The highest BCUT2D eigenvalue weighted by atomic mass is 32.2. The summed E-state index contributed by atoms with van der Waals surface area (Å²) in [4.78, 5) is 26.4. The van der Waals surface area contributed by atoms with Crippen LogP contribution in [0.4, 0.5) is 5.69 Å². The fourth-order valence-corrected chi connectivity index (χ4v) is 5.56. The summed E-state index contributed by atoms with van der Waals surface area (Å²) >= 11 is 0. The second kappa shape index (κ2) is 11.1. The van der Waals surface area contributed by atoms with Gasteiger partial charge in [0.1, 0.15) is 0 Å². The molecule has 9 nitrogen and oxygen atoms in total. The normalized spacial score (nSPS) is 16.6. The van der Waals surface area contributed by atoms with Crippen molar-refractivity contribution in [2.75, 3.05) is 4.72 Å². The van der Waals surface area contributed by atoms with E-state index in [1.807, 2.05) is 31.2 Å². The molecule has 0 aliphatic heterocycles. The van der Waals surface area contributed by atoms with Crippen LogP contribution in [0.1, 0.15) is 41.1 Å². The average Bonchev–Trinajstić information content (AvgIpc) is 3.22. The number of nitrogens with one attached hydrogen (secondary N) is 2. The average molecular weight is 524 g/mol. The lowest BCUT2D eigenvalue weighted by atomic mass is 10.0. The van der Waals surface area contributed by atoms with Crippen molar-refractivity contribution < 1.29 is 28.3 Å². The molecule has 0 spiro atoms. The van der Waals surface area contributed by atoms with Gasteiger partial charge in [0.2, 0.25) is 11.8 Å². The predicted octanol–water partition coefficient (Wildman–Crippen LogP) is 3.07. The molecule has 1 aliphatic carbocycles. The van der Waals surface area contributed by atoms with Crippen LogP contribution in [0.25, 0.3) is 0 Å². The lowest BCUT2D eigenvalue weighted by Gasteiger charge is -2.32. The Morgan fingerprint density at radius 1 is 0.973 bits per heavy atom. The number of sulfonamides is 1. The number of hydrogen-bond acceptors (Lipinski definition) is 6. The molecule has 194 valence electrons. The third-order valence-electron chi connectivity index (χ3n) is 6.40. The van der Waals surface area contributed by atoms with Gasteiger partial charge in [0.05, 0.1) is 17.0 Å². The van der Waals surface area contributed by atoms with Gasteiger partial charge in [0.15, 0.2) is 0 Å². The molecule has 0 saturated heterocycles.